The molecule has 0 aromatic heterocycles. The molecule has 1 aliphatic heterocycles. The quantitative estimate of drug-likeness (QED) is 0.679. The van der Waals surface area contributed by atoms with E-state index in [4.69, 9.17) is 9.47 Å². The third-order valence-corrected chi connectivity index (χ3v) is 6.60. The van der Waals surface area contributed by atoms with E-state index in [1.165, 1.54) is 19.2 Å². The second kappa shape index (κ2) is 8.60. The number of piperazine rings is 1. The first kappa shape index (κ1) is 22.0. The van der Waals surface area contributed by atoms with Crippen molar-refractivity contribution in [1.82, 2.24) is 4.31 Å². The molecule has 30 heavy (non-hydrogen) atoms. The molecule has 0 bridgehead atoms. The number of ether oxygens (including phenoxy) is 3. The van der Waals surface area contributed by atoms with Crippen LogP contribution in [0.5, 0.6) is 17.2 Å². The summed E-state index contributed by atoms with van der Waals surface area (Å²) in [6.07, 6.45) is -4.99. The fourth-order valence-corrected chi connectivity index (χ4v) is 4.76. The van der Waals surface area contributed by atoms with Crippen LogP contribution in [0, 0.1) is 0 Å². The summed E-state index contributed by atoms with van der Waals surface area (Å²) in [7, 11) is -1.10. The predicted octanol–water partition coefficient (Wildman–Crippen LogP) is 3.11. The summed E-state index contributed by atoms with van der Waals surface area (Å²) in [5.74, 6) is 0.455. The van der Waals surface area contributed by atoms with E-state index in [9.17, 15) is 21.6 Å². The molecule has 0 radical (unpaired) electrons. The lowest BCUT2D eigenvalue weighted by atomic mass is 10.2. The van der Waals surface area contributed by atoms with Gasteiger partial charge in [0.25, 0.3) is 0 Å². The van der Waals surface area contributed by atoms with Crippen molar-refractivity contribution in [2.75, 3.05) is 45.3 Å². The highest BCUT2D eigenvalue weighted by molar-refractivity contribution is 7.89. The fourth-order valence-electron chi connectivity index (χ4n) is 3.23. The van der Waals surface area contributed by atoms with E-state index in [0.717, 1.165) is 22.1 Å². The van der Waals surface area contributed by atoms with Gasteiger partial charge in [0.15, 0.2) is 0 Å². The molecule has 0 unspecified atom stereocenters. The number of sulfonamides is 1. The molecular weight excluding hydrogens is 425 g/mol. The van der Waals surface area contributed by atoms with Gasteiger partial charge in [-0.3, -0.25) is 0 Å². The number of alkyl halides is 3. The van der Waals surface area contributed by atoms with Gasteiger partial charge in [0.2, 0.25) is 10.0 Å². The average Bonchev–Trinajstić information content (AvgIpc) is 2.72. The molecule has 1 fully saturated rings. The predicted molar refractivity (Wildman–Crippen MR) is 104 cm³/mol. The summed E-state index contributed by atoms with van der Waals surface area (Å²) in [5, 5.41) is 0. The van der Waals surface area contributed by atoms with Gasteiger partial charge in [0, 0.05) is 32.2 Å². The van der Waals surface area contributed by atoms with Gasteiger partial charge in [-0.15, -0.1) is 13.2 Å². The van der Waals surface area contributed by atoms with Crippen molar-refractivity contribution in [3.05, 3.63) is 42.5 Å². The van der Waals surface area contributed by atoms with Crippen molar-refractivity contribution in [3.63, 3.8) is 0 Å². The summed E-state index contributed by atoms with van der Waals surface area (Å²) in [6, 6.07) is 10.0. The van der Waals surface area contributed by atoms with Crippen LogP contribution in [0.3, 0.4) is 0 Å². The smallest absolute Gasteiger partial charge is 0.497 e. The highest BCUT2D eigenvalue weighted by atomic mass is 32.2. The summed E-state index contributed by atoms with van der Waals surface area (Å²) in [5.41, 5.74) is 0.774. The molecule has 0 atom stereocenters. The number of benzene rings is 2. The largest absolute Gasteiger partial charge is 0.573 e. The SMILES string of the molecule is COc1ccc(N2CCN(S(=O)(=O)c3ccccc3OC(F)(F)F)CC2)c(OC)c1. The lowest BCUT2D eigenvalue weighted by Gasteiger charge is -2.36. The number of nitrogens with zero attached hydrogens (tertiary/aromatic N) is 2. The normalized spacial score (nSPS) is 15.7. The third kappa shape index (κ3) is 4.73. The highest BCUT2D eigenvalue weighted by Crippen LogP contribution is 2.35. The van der Waals surface area contributed by atoms with Crippen molar-refractivity contribution < 1.29 is 35.8 Å². The molecule has 2 aromatic rings. The molecule has 0 N–H and O–H groups in total. The maximum absolute atomic E-state index is 13.0. The first-order valence-corrected chi connectivity index (χ1v) is 10.4. The summed E-state index contributed by atoms with van der Waals surface area (Å²) < 4.78 is 79.5. The van der Waals surface area contributed by atoms with Crippen LogP contribution in [0.2, 0.25) is 0 Å². The van der Waals surface area contributed by atoms with Crippen molar-refractivity contribution >= 4 is 15.7 Å². The number of halogens is 3. The molecule has 0 spiro atoms. The molecule has 0 aliphatic carbocycles. The van der Waals surface area contributed by atoms with Crippen LogP contribution in [0.25, 0.3) is 0 Å². The molecular formula is C19H21F3N2O5S. The van der Waals surface area contributed by atoms with E-state index in [1.807, 2.05) is 11.0 Å². The number of rotatable bonds is 6. The first-order chi connectivity index (χ1) is 14.2. The lowest BCUT2D eigenvalue weighted by molar-refractivity contribution is -0.275. The lowest BCUT2D eigenvalue weighted by Crippen LogP contribution is -2.48. The second-order valence-electron chi connectivity index (χ2n) is 6.42. The Morgan fingerprint density at radius 3 is 2.17 bits per heavy atom. The van der Waals surface area contributed by atoms with E-state index in [1.54, 1.807) is 19.2 Å². The Labute approximate surface area is 172 Å². The van der Waals surface area contributed by atoms with Crippen LogP contribution in [0.4, 0.5) is 18.9 Å². The Kier molecular flexibility index (Phi) is 6.32. The second-order valence-corrected chi connectivity index (χ2v) is 8.33. The van der Waals surface area contributed by atoms with E-state index in [2.05, 4.69) is 4.74 Å². The van der Waals surface area contributed by atoms with Crippen LogP contribution >= 0.6 is 0 Å². The van der Waals surface area contributed by atoms with Gasteiger partial charge in [-0.2, -0.15) is 4.31 Å². The van der Waals surface area contributed by atoms with Crippen molar-refractivity contribution in [2.24, 2.45) is 0 Å². The molecule has 1 heterocycles. The van der Waals surface area contributed by atoms with Crippen molar-refractivity contribution in [2.45, 2.75) is 11.3 Å². The van der Waals surface area contributed by atoms with Crippen molar-refractivity contribution in [1.29, 1.82) is 0 Å². The van der Waals surface area contributed by atoms with E-state index in [0.29, 0.717) is 24.6 Å². The minimum Gasteiger partial charge on any atom is -0.497 e. The number of para-hydroxylation sites is 1. The van der Waals surface area contributed by atoms with Gasteiger partial charge in [-0.05, 0) is 24.3 Å². The topological polar surface area (TPSA) is 68.3 Å². The molecule has 164 valence electrons. The van der Waals surface area contributed by atoms with Crippen LogP contribution in [-0.2, 0) is 10.0 Å². The van der Waals surface area contributed by atoms with Gasteiger partial charge >= 0.3 is 6.36 Å². The minimum atomic E-state index is -4.99. The van der Waals surface area contributed by atoms with Crippen LogP contribution in [-0.4, -0.2) is 59.5 Å². The third-order valence-electron chi connectivity index (χ3n) is 4.66. The van der Waals surface area contributed by atoms with Crippen LogP contribution in [0.15, 0.2) is 47.4 Å². The summed E-state index contributed by atoms with van der Waals surface area (Å²) >= 11 is 0. The molecule has 3 rings (SSSR count). The Morgan fingerprint density at radius 2 is 1.57 bits per heavy atom. The maximum Gasteiger partial charge on any atom is 0.573 e. The Balaban J connectivity index is 1.78. The summed E-state index contributed by atoms with van der Waals surface area (Å²) in [4.78, 5) is 1.43. The molecule has 1 aliphatic rings. The fraction of sp³-hybridized carbons (Fsp3) is 0.368. The molecule has 1 saturated heterocycles. The van der Waals surface area contributed by atoms with Gasteiger partial charge in [-0.1, -0.05) is 12.1 Å². The highest BCUT2D eigenvalue weighted by Gasteiger charge is 2.36. The molecule has 11 heteroatoms. The van der Waals surface area contributed by atoms with Gasteiger partial charge in [-0.25, -0.2) is 8.42 Å². The summed E-state index contributed by atoms with van der Waals surface area (Å²) in [6.45, 7) is 0.865. The Bertz CT molecular complexity index is 990. The first-order valence-electron chi connectivity index (χ1n) is 8.97. The van der Waals surface area contributed by atoms with Gasteiger partial charge in [0.1, 0.15) is 22.1 Å². The maximum atomic E-state index is 13.0. The molecule has 0 saturated carbocycles. The van der Waals surface area contributed by atoms with E-state index < -0.39 is 27.0 Å². The number of hydrogen-bond donors (Lipinski definition) is 0. The number of hydrogen-bond acceptors (Lipinski definition) is 6. The van der Waals surface area contributed by atoms with Gasteiger partial charge in [0.05, 0.1) is 19.9 Å². The zero-order valence-corrected chi connectivity index (χ0v) is 17.2. The van der Waals surface area contributed by atoms with Crippen LogP contribution in [0.1, 0.15) is 0 Å². The monoisotopic (exact) mass is 446 g/mol. The van der Waals surface area contributed by atoms with Crippen LogP contribution < -0.4 is 19.1 Å². The standard InChI is InChI=1S/C19H21F3N2O5S/c1-27-14-7-8-15(17(13-14)28-2)23-9-11-24(12-10-23)30(25,26)18-6-4-3-5-16(18)29-19(20,21)22/h3-8,13H,9-12H2,1-2H3. The van der Waals surface area contributed by atoms with E-state index in [-0.39, 0.29) is 13.1 Å². The zero-order chi connectivity index (χ0) is 21.9. The van der Waals surface area contributed by atoms with Gasteiger partial charge < -0.3 is 19.1 Å². The molecule has 0 amide bonds. The molecule has 7 nitrogen and oxygen atoms in total. The number of anilines is 1. The average molecular weight is 446 g/mol. The molecule has 2 aromatic carbocycles. The van der Waals surface area contributed by atoms with Crippen molar-refractivity contribution in [3.8, 4) is 17.2 Å². The van der Waals surface area contributed by atoms with E-state index >= 15 is 0 Å². The Hall–Kier alpha value is -2.66. The number of methoxy groups -OCH3 is 2. The minimum absolute atomic E-state index is 0.0951. The zero-order valence-electron chi connectivity index (χ0n) is 16.3. The Morgan fingerprint density at radius 1 is 0.900 bits per heavy atom.